The van der Waals surface area contributed by atoms with Crippen LogP contribution >= 0.6 is 0 Å². The smallest absolute Gasteiger partial charge is 0.314 e. The van der Waals surface area contributed by atoms with Crippen LogP contribution in [0.15, 0.2) is 12.2 Å². The molecule has 12 heavy (non-hydrogen) atoms. The Kier molecular flexibility index (Phi) is 1.39. The fourth-order valence-corrected chi connectivity index (χ4v) is 2.48. The quantitative estimate of drug-likeness (QED) is 0.439. The number of allylic oxidation sites excluding steroid dienone is 1. The van der Waals surface area contributed by atoms with Crippen molar-refractivity contribution in [3.8, 4) is 0 Å². The van der Waals surface area contributed by atoms with Crippen LogP contribution in [0, 0.1) is 11.8 Å². The van der Waals surface area contributed by atoms with Gasteiger partial charge in [0, 0.05) is 0 Å². The van der Waals surface area contributed by atoms with Gasteiger partial charge in [-0.3, -0.25) is 4.79 Å². The Balaban J connectivity index is 2.23. The highest BCUT2D eigenvalue weighted by Crippen LogP contribution is 2.52. The van der Waals surface area contributed by atoms with E-state index in [9.17, 15) is 4.79 Å². The largest absolute Gasteiger partial charge is 0.458 e. The van der Waals surface area contributed by atoms with Crippen molar-refractivity contribution in [2.24, 2.45) is 11.8 Å². The molecule has 0 aromatic rings. The zero-order valence-corrected chi connectivity index (χ0v) is 7.59. The zero-order chi connectivity index (χ0) is 8.93. The highest BCUT2D eigenvalue weighted by Gasteiger charge is 2.60. The van der Waals surface area contributed by atoms with Crippen molar-refractivity contribution in [2.75, 3.05) is 0 Å². The summed E-state index contributed by atoms with van der Waals surface area (Å²) in [6.07, 6.45) is 2.06. The maximum Gasteiger partial charge on any atom is 0.314 e. The lowest BCUT2D eigenvalue weighted by Gasteiger charge is -2.42. The molecule has 2 rings (SSSR count). The number of fused-ring (bicyclic) bond motifs is 1. The van der Waals surface area contributed by atoms with Crippen LogP contribution in [-0.2, 0) is 9.53 Å². The fraction of sp³-hybridized carbons (Fsp3) is 0.700. The first-order chi connectivity index (χ1) is 5.54. The van der Waals surface area contributed by atoms with Crippen LogP contribution in [0.5, 0.6) is 0 Å². The molecule has 0 N–H and O–H groups in total. The standard InChI is InChI=1S/C10H14O2/c1-6(2)7-4-5-10(3)8(7)9(11)12-10/h7-8H,1,4-5H2,2-3H3/t7-,8+,10+/m0/s1. The van der Waals surface area contributed by atoms with E-state index >= 15 is 0 Å². The van der Waals surface area contributed by atoms with Crippen LogP contribution in [0.2, 0.25) is 0 Å². The summed E-state index contributed by atoms with van der Waals surface area (Å²) in [5, 5.41) is 0. The van der Waals surface area contributed by atoms with E-state index in [1.807, 2.05) is 13.8 Å². The van der Waals surface area contributed by atoms with Gasteiger partial charge in [-0.25, -0.2) is 0 Å². The third-order valence-corrected chi connectivity index (χ3v) is 3.23. The summed E-state index contributed by atoms with van der Waals surface area (Å²) in [5.41, 5.74) is 0.973. The predicted octanol–water partition coefficient (Wildman–Crippen LogP) is 1.90. The first kappa shape index (κ1) is 7.84. The maximum atomic E-state index is 11.2. The molecule has 2 aliphatic rings. The molecule has 1 aliphatic carbocycles. The van der Waals surface area contributed by atoms with Crippen molar-refractivity contribution in [1.29, 1.82) is 0 Å². The molecule has 0 bridgehead atoms. The number of hydrogen-bond acceptors (Lipinski definition) is 2. The van der Waals surface area contributed by atoms with Gasteiger partial charge in [0.05, 0.1) is 0 Å². The lowest BCUT2D eigenvalue weighted by Crippen LogP contribution is -2.53. The highest BCUT2D eigenvalue weighted by molar-refractivity contribution is 5.81. The van der Waals surface area contributed by atoms with E-state index in [1.54, 1.807) is 0 Å². The molecule has 0 spiro atoms. The van der Waals surface area contributed by atoms with Gasteiger partial charge in [0.1, 0.15) is 11.5 Å². The summed E-state index contributed by atoms with van der Waals surface area (Å²) in [7, 11) is 0. The second-order valence-electron chi connectivity index (χ2n) is 4.20. The zero-order valence-electron chi connectivity index (χ0n) is 7.59. The number of carbonyl (C=O) groups excluding carboxylic acids is 1. The van der Waals surface area contributed by atoms with Gasteiger partial charge in [-0.15, -0.1) is 0 Å². The summed E-state index contributed by atoms with van der Waals surface area (Å²) in [4.78, 5) is 11.2. The fourth-order valence-electron chi connectivity index (χ4n) is 2.48. The van der Waals surface area contributed by atoms with Crippen LogP contribution in [0.1, 0.15) is 26.7 Å². The summed E-state index contributed by atoms with van der Waals surface area (Å²) in [5.74, 6) is 0.453. The van der Waals surface area contributed by atoms with Crippen LogP contribution in [-0.4, -0.2) is 11.6 Å². The Hall–Kier alpha value is -0.790. The van der Waals surface area contributed by atoms with Gasteiger partial charge in [-0.1, -0.05) is 12.2 Å². The second-order valence-corrected chi connectivity index (χ2v) is 4.20. The Morgan fingerprint density at radius 2 is 2.42 bits per heavy atom. The summed E-state index contributed by atoms with van der Waals surface area (Å²) in [6, 6.07) is 0. The van der Waals surface area contributed by atoms with Gasteiger partial charge in [0.25, 0.3) is 0 Å². The minimum Gasteiger partial charge on any atom is -0.458 e. The third-order valence-electron chi connectivity index (χ3n) is 3.23. The molecule has 66 valence electrons. The van der Waals surface area contributed by atoms with E-state index in [2.05, 4.69) is 6.58 Å². The topological polar surface area (TPSA) is 26.3 Å². The molecule has 0 radical (unpaired) electrons. The number of rotatable bonds is 1. The van der Waals surface area contributed by atoms with E-state index in [0.29, 0.717) is 5.92 Å². The van der Waals surface area contributed by atoms with E-state index in [1.165, 1.54) is 0 Å². The molecule has 1 heterocycles. The normalized spacial score (nSPS) is 44.7. The van der Waals surface area contributed by atoms with Crippen molar-refractivity contribution in [3.63, 3.8) is 0 Å². The molecule has 2 heteroatoms. The number of ether oxygens (including phenoxy) is 1. The average Bonchev–Trinajstić information content (AvgIpc) is 2.22. The van der Waals surface area contributed by atoms with Crippen molar-refractivity contribution < 1.29 is 9.53 Å². The summed E-state index contributed by atoms with van der Waals surface area (Å²) in [6.45, 7) is 7.95. The molecular formula is C10H14O2. The number of esters is 1. The lowest BCUT2D eigenvalue weighted by atomic mass is 9.80. The number of carbonyl (C=O) groups is 1. The van der Waals surface area contributed by atoms with E-state index in [0.717, 1.165) is 18.4 Å². The van der Waals surface area contributed by atoms with Gasteiger partial charge >= 0.3 is 5.97 Å². The Morgan fingerprint density at radius 1 is 1.75 bits per heavy atom. The minimum absolute atomic E-state index is 0.0250. The first-order valence-electron chi connectivity index (χ1n) is 4.43. The molecule has 2 fully saturated rings. The molecule has 1 saturated heterocycles. The van der Waals surface area contributed by atoms with Crippen LogP contribution in [0.4, 0.5) is 0 Å². The SMILES string of the molecule is C=C(C)[C@@H]1CC[C@@]2(C)OC(=O)[C@@H]12. The summed E-state index contributed by atoms with van der Waals surface area (Å²) < 4.78 is 5.15. The minimum atomic E-state index is -0.152. The molecule has 3 atom stereocenters. The Labute approximate surface area is 72.6 Å². The van der Waals surface area contributed by atoms with Crippen LogP contribution < -0.4 is 0 Å². The van der Waals surface area contributed by atoms with Crippen LogP contribution in [0.3, 0.4) is 0 Å². The van der Waals surface area contributed by atoms with E-state index in [-0.39, 0.29) is 17.5 Å². The average molecular weight is 166 g/mol. The molecule has 1 saturated carbocycles. The van der Waals surface area contributed by atoms with Gasteiger partial charge in [-0.2, -0.15) is 0 Å². The van der Waals surface area contributed by atoms with Gasteiger partial charge in [0.15, 0.2) is 0 Å². The molecule has 2 nitrogen and oxygen atoms in total. The van der Waals surface area contributed by atoms with E-state index < -0.39 is 0 Å². The van der Waals surface area contributed by atoms with Crippen LogP contribution in [0.25, 0.3) is 0 Å². The monoisotopic (exact) mass is 166 g/mol. The third kappa shape index (κ3) is 0.780. The molecule has 0 unspecified atom stereocenters. The lowest BCUT2D eigenvalue weighted by molar-refractivity contribution is -0.204. The predicted molar refractivity (Wildman–Crippen MR) is 45.5 cm³/mol. The van der Waals surface area contributed by atoms with E-state index in [4.69, 9.17) is 4.74 Å². The second kappa shape index (κ2) is 2.12. The maximum absolute atomic E-state index is 11.2. The molecule has 0 aromatic carbocycles. The first-order valence-corrected chi connectivity index (χ1v) is 4.43. The molecule has 0 amide bonds. The number of hydrogen-bond donors (Lipinski definition) is 0. The van der Waals surface area contributed by atoms with Gasteiger partial charge < -0.3 is 4.74 Å². The van der Waals surface area contributed by atoms with Gasteiger partial charge in [0.2, 0.25) is 0 Å². The highest BCUT2D eigenvalue weighted by atomic mass is 16.6. The van der Waals surface area contributed by atoms with Crippen molar-refractivity contribution in [1.82, 2.24) is 0 Å². The Morgan fingerprint density at radius 3 is 2.83 bits per heavy atom. The van der Waals surface area contributed by atoms with Crippen molar-refractivity contribution in [3.05, 3.63) is 12.2 Å². The molecule has 0 aromatic heterocycles. The molecular weight excluding hydrogens is 152 g/mol. The van der Waals surface area contributed by atoms with Crippen molar-refractivity contribution in [2.45, 2.75) is 32.3 Å². The summed E-state index contributed by atoms with van der Waals surface area (Å²) >= 11 is 0. The van der Waals surface area contributed by atoms with Crippen molar-refractivity contribution >= 4 is 5.97 Å². The van der Waals surface area contributed by atoms with Gasteiger partial charge in [-0.05, 0) is 32.6 Å². The Bertz CT molecular complexity index is 257. The molecule has 1 aliphatic heterocycles.